The molecule has 3 N–H and O–H groups in total. The van der Waals surface area contributed by atoms with Gasteiger partial charge < -0.3 is 15.4 Å². The fourth-order valence-electron chi connectivity index (χ4n) is 2.83. The van der Waals surface area contributed by atoms with Crippen LogP contribution in [0.5, 0.6) is 5.75 Å². The molecule has 0 amide bonds. The number of anilines is 2. The molecule has 3 rings (SSSR count). The number of aromatic nitrogens is 2. The maximum atomic E-state index is 9.18. The maximum absolute atomic E-state index is 9.18. The van der Waals surface area contributed by atoms with Crippen molar-refractivity contribution in [3.05, 3.63) is 35.4 Å². The molecule has 1 aliphatic heterocycles. The second kappa shape index (κ2) is 6.58. The van der Waals surface area contributed by atoms with Crippen LogP contribution in [0, 0.1) is 11.3 Å². The van der Waals surface area contributed by atoms with E-state index < -0.39 is 0 Å². The summed E-state index contributed by atoms with van der Waals surface area (Å²) < 4.78 is 5.27. The number of nitriles is 1. The van der Waals surface area contributed by atoms with E-state index in [1.54, 1.807) is 7.11 Å². The maximum Gasteiger partial charge on any atom is 0.170 e. The molecule has 1 aromatic heterocycles. The van der Waals surface area contributed by atoms with Crippen LogP contribution in [0.4, 0.5) is 11.6 Å². The number of ether oxygens (including phenoxy) is 1. The average Bonchev–Trinajstić information content (AvgIpc) is 2.96. The number of nitrogens with two attached hydrogens (primary N) is 1. The Morgan fingerprint density at radius 2 is 2.13 bits per heavy atom. The molecule has 7 nitrogen and oxygen atoms in total. The Labute approximate surface area is 135 Å². The van der Waals surface area contributed by atoms with Crippen LogP contribution >= 0.6 is 0 Å². The molecule has 7 heteroatoms. The minimum absolute atomic E-state index is 0.335. The third kappa shape index (κ3) is 3.22. The first kappa shape index (κ1) is 15.2. The zero-order valence-corrected chi connectivity index (χ0v) is 13.1. The van der Waals surface area contributed by atoms with Gasteiger partial charge >= 0.3 is 0 Å². The first-order valence-electron chi connectivity index (χ1n) is 7.55. The Morgan fingerprint density at radius 3 is 2.83 bits per heavy atom. The molecule has 0 unspecified atom stereocenters. The van der Waals surface area contributed by atoms with Gasteiger partial charge in [-0.25, -0.2) is 0 Å². The van der Waals surface area contributed by atoms with Gasteiger partial charge in [0.25, 0.3) is 0 Å². The lowest BCUT2D eigenvalue weighted by Gasteiger charge is -2.35. The smallest absolute Gasteiger partial charge is 0.170 e. The van der Waals surface area contributed by atoms with Crippen molar-refractivity contribution in [3.63, 3.8) is 0 Å². The van der Waals surface area contributed by atoms with E-state index in [4.69, 9.17) is 10.5 Å². The van der Waals surface area contributed by atoms with Gasteiger partial charge in [0, 0.05) is 32.7 Å². The number of methoxy groups -OCH3 is 1. The summed E-state index contributed by atoms with van der Waals surface area (Å²) in [5, 5.41) is 16.0. The number of nitrogens with zero attached hydrogens (tertiary/aromatic N) is 4. The van der Waals surface area contributed by atoms with Crippen molar-refractivity contribution in [2.24, 2.45) is 0 Å². The van der Waals surface area contributed by atoms with Crippen LogP contribution in [0.25, 0.3) is 0 Å². The Morgan fingerprint density at radius 1 is 1.35 bits per heavy atom. The number of benzene rings is 1. The quantitative estimate of drug-likeness (QED) is 0.881. The summed E-state index contributed by atoms with van der Waals surface area (Å²) in [7, 11) is 1.68. The van der Waals surface area contributed by atoms with Crippen molar-refractivity contribution in [3.8, 4) is 11.8 Å². The van der Waals surface area contributed by atoms with Gasteiger partial charge in [-0.15, -0.1) is 0 Å². The number of piperazine rings is 1. The number of hydrogen-bond acceptors (Lipinski definition) is 6. The van der Waals surface area contributed by atoms with Crippen LogP contribution in [0.15, 0.2) is 24.3 Å². The summed E-state index contributed by atoms with van der Waals surface area (Å²) in [6.07, 6.45) is 0. The predicted molar refractivity (Wildman–Crippen MR) is 88.2 cm³/mol. The SMILES string of the molecule is COc1cccc(CN2CCN(c3n[nH]c(N)c3C#N)CC2)c1. The Balaban J connectivity index is 1.61. The Hall–Kier alpha value is -2.72. The predicted octanol–water partition coefficient (Wildman–Crippen LogP) is 1.19. The molecule has 1 fully saturated rings. The molecule has 120 valence electrons. The van der Waals surface area contributed by atoms with Crippen molar-refractivity contribution in [1.29, 1.82) is 5.26 Å². The minimum atomic E-state index is 0.335. The van der Waals surface area contributed by atoms with Gasteiger partial charge in [-0.2, -0.15) is 10.4 Å². The van der Waals surface area contributed by atoms with Crippen molar-refractivity contribution in [2.75, 3.05) is 43.9 Å². The second-order valence-corrected chi connectivity index (χ2v) is 5.56. The van der Waals surface area contributed by atoms with E-state index in [2.05, 4.69) is 38.2 Å². The van der Waals surface area contributed by atoms with Crippen LogP contribution in [0.1, 0.15) is 11.1 Å². The molecule has 0 aliphatic carbocycles. The molecule has 0 radical (unpaired) electrons. The number of nitrogen functional groups attached to an aromatic ring is 1. The van der Waals surface area contributed by atoms with Crippen molar-refractivity contribution in [1.82, 2.24) is 15.1 Å². The van der Waals surface area contributed by atoms with Gasteiger partial charge in [0.1, 0.15) is 23.2 Å². The zero-order chi connectivity index (χ0) is 16.2. The molecular weight excluding hydrogens is 292 g/mol. The summed E-state index contributed by atoms with van der Waals surface area (Å²) in [6, 6.07) is 10.3. The normalized spacial score (nSPS) is 15.4. The van der Waals surface area contributed by atoms with Crippen LogP contribution in [0.2, 0.25) is 0 Å². The third-order valence-corrected chi connectivity index (χ3v) is 4.10. The molecule has 0 atom stereocenters. The monoisotopic (exact) mass is 312 g/mol. The van der Waals surface area contributed by atoms with E-state index in [-0.39, 0.29) is 0 Å². The fraction of sp³-hybridized carbons (Fsp3) is 0.375. The van der Waals surface area contributed by atoms with E-state index in [1.165, 1.54) is 5.56 Å². The summed E-state index contributed by atoms with van der Waals surface area (Å²) in [6.45, 7) is 4.36. The van der Waals surface area contributed by atoms with Crippen molar-refractivity contribution < 1.29 is 4.74 Å². The molecule has 2 aromatic rings. The van der Waals surface area contributed by atoms with Gasteiger partial charge in [0.05, 0.1) is 7.11 Å². The molecule has 0 bridgehead atoms. The van der Waals surface area contributed by atoms with E-state index in [1.807, 2.05) is 12.1 Å². The van der Waals surface area contributed by atoms with Gasteiger partial charge in [0.15, 0.2) is 5.82 Å². The molecular formula is C16H20N6O. The van der Waals surface area contributed by atoms with Crippen molar-refractivity contribution >= 4 is 11.6 Å². The average molecular weight is 312 g/mol. The third-order valence-electron chi connectivity index (χ3n) is 4.10. The number of aromatic amines is 1. The highest BCUT2D eigenvalue weighted by Gasteiger charge is 2.22. The lowest BCUT2D eigenvalue weighted by Crippen LogP contribution is -2.46. The highest BCUT2D eigenvalue weighted by atomic mass is 16.5. The lowest BCUT2D eigenvalue weighted by atomic mass is 10.2. The van der Waals surface area contributed by atoms with Gasteiger partial charge in [-0.1, -0.05) is 12.1 Å². The Kier molecular flexibility index (Phi) is 4.35. The van der Waals surface area contributed by atoms with Crippen LogP contribution < -0.4 is 15.4 Å². The molecule has 2 heterocycles. The summed E-state index contributed by atoms with van der Waals surface area (Å²) >= 11 is 0. The molecule has 23 heavy (non-hydrogen) atoms. The zero-order valence-electron chi connectivity index (χ0n) is 13.1. The van der Waals surface area contributed by atoms with E-state index in [9.17, 15) is 5.26 Å². The number of nitrogens with one attached hydrogen (secondary N) is 1. The summed E-state index contributed by atoms with van der Waals surface area (Å²) in [5.41, 5.74) is 7.40. The van der Waals surface area contributed by atoms with Crippen LogP contribution in [0.3, 0.4) is 0 Å². The first-order valence-corrected chi connectivity index (χ1v) is 7.55. The van der Waals surface area contributed by atoms with Gasteiger partial charge in [0.2, 0.25) is 0 Å². The van der Waals surface area contributed by atoms with E-state index >= 15 is 0 Å². The van der Waals surface area contributed by atoms with Gasteiger partial charge in [-0.3, -0.25) is 10.00 Å². The highest BCUT2D eigenvalue weighted by molar-refractivity contribution is 5.64. The molecule has 1 aromatic carbocycles. The minimum Gasteiger partial charge on any atom is -0.497 e. The number of rotatable bonds is 4. The molecule has 0 saturated carbocycles. The van der Waals surface area contributed by atoms with E-state index in [0.29, 0.717) is 17.2 Å². The van der Waals surface area contributed by atoms with Crippen LogP contribution in [-0.4, -0.2) is 48.4 Å². The van der Waals surface area contributed by atoms with Gasteiger partial charge in [-0.05, 0) is 17.7 Å². The highest BCUT2D eigenvalue weighted by Crippen LogP contribution is 2.23. The topological polar surface area (TPSA) is 94.2 Å². The molecule has 1 saturated heterocycles. The standard InChI is InChI=1S/C16H20N6O/c1-23-13-4-2-3-12(9-13)11-21-5-7-22(8-6-21)16-14(10-17)15(18)19-20-16/h2-4,9H,5-8,11H2,1H3,(H3,18,19,20). The lowest BCUT2D eigenvalue weighted by molar-refractivity contribution is 0.249. The number of hydrogen-bond donors (Lipinski definition) is 2. The summed E-state index contributed by atoms with van der Waals surface area (Å²) in [5.74, 6) is 1.87. The van der Waals surface area contributed by atoms with E-state index in [0.717, 1.165) is 38.5 Å². The van der Waals surface area contributed by atoms with Crippen LogP contribution in [-0.2, 0) is 6.54 Å². The Bertz CT molecular complexity index is 712. The summed E-state index contributed by atoms with van der Waals surface area (Å²) in [4.78, 5) is 4.49. The second-order valence-electron chi connectivity index (χ2n) is 5.56. The number of H-pyrrole nitrogens is 1. The van der Waals surface area contributed by atoms with Crippen molar-refractivity contribution in [2.45, 2.75) is 6.54 Å². The largest absolute Gasteiger partial charge is 0.497 e. The first-order chi connectivity index (χ1) is 11.2. The molecule has 1 aliphatic rings. The molecule has 0 spiro atoms. The fourth-order valence-corrected chi connectivity index (χ4v) is 2.83.